The maximum absolute atomic E-state index is 5.47. The molecule has 0 bridgehead atoms. The summed E-state index contributed by atoms with van der Waals surface area (Å²) in [5.74, 6) is 0. The van der Waals surface area contributed by atoms with Crippen molar-refractivity contribution in [3.8, 4) is 50.2 Å². The van der Waals surface area contributed by atoms with Crippen molar-refractivity contribution in [2.75, 3.05) is 12.4 Å². The standard InChI is InChI=1S/C71H49N3S/c1-72-64-29-14-12-26-62(64)70(51-35-33-49(34-36-51)54-42-52(47-17-4-2-5-18-47)41-53(43-54)48-19-6-3-7-20-48)73-45-46-31-38-55(39-32-46)74-65-40-37-50-21-8-9-22-56(50)68(65)69-59-25-11-10-23-57(59)63(44-66(69)74)61-28-16-27-60-58-24-13-15-30-67(58)75-71(60)61/h2-44,72H,45H2,1H3. The second-order valence-electron chi connectivity index (χ2n) is 19.4. The van der Waals surface area contributed by atoms with Crippen molar-refractivity contribution in [3.05, 3.63) is 278 Å². The monoisotopic (exact) mass is 975 g/mol. The number of aliphatic imine (C=N–C) groups is 1. The highest BCUT2D eigenvalue weighted by Gasteiger charge is 2.22. The summed E-state index contributed by atoms with van der Waals surface area (Å²) in [4.78, 5) is 5.47. The van der Waals surface area contributed by atoms with Crippen LogP contribution in [0, 0.1) is 0 Å². The third-order valence-electron chi connectivity index (χ3n) is 15.1. The summed E-state index contributed by atoms with van der Waals surface area (Å²) in [6, 6.07) is 95.2. The molecule has 0 saturated heterocycles. The summed E-state index contributed by atoms with van der Waals surface area (Å²) in [5, 5.41) is 13.6. The highest BCUT2D eigenvalue weighted by atomic mass is 32.1. The summed E-state index contributed by atoms with van der Waals surface area (Å²) in [6.07, 6.45) is 0. The maximum Gasteiger partial charge on any atom is 0.0743 e. The van der Waals surface area contributed by atoms with Gasteiger partial charge in [0.05, 0.1) is 23.3 Å². The zero-order chi connectivity index (χ0) is 49.8. The fraction of sp³-hybridized carbons (Fsp3) is 0.0282. The second kappa shape index (κ2) is 18.6. The Morgan fingerprint density at radius 2 is 1.01 bits per heavy atom. The number of rotatable bonds is 10. The van der Waals surface area contributed by atoms with Crippen molar-refractivity contribution >= 4 is 86.3 Å². The van der Waals surface area contributed by atoms with E-state index in [0.717, 1.165) is 39.3 Å². The Morgan fingerprint density at radius 1 is 0.427 bits per heavy atom. The van der Waals surface area contributed by atoms with E-state index < -0.39 is 0 Å². The minimum absolute atomic E-state index is 0.515. The Kier molecular flexibility index (Phi) is 11.0. The molecule has 4 heteroatoms. The molecule has 2 heterocycles. The summed E-state index contributed by atoms with van der Waals surface area (Å²) in [7, 11) is 1.98. The molecule has 12 aromatic carbocycles. The molecule has 0 amide bonds. The number of para-hydroxylation sites is 1. The number of nitrogens with one attached hydrogen (secondary N) is 1. The molecule has 0 aliphatic rings. The molecule has 14 aromatic rings. The Morgan fingerprint density at radius 3 is 1.73 bits per heavy atom. The highest BCUT2D eigenvalue weighted by Crippen LogP contribution is 2.47. The molecule has 3 nitrogen and oxygen atoms in total. The third kappa shape index (κ3) is 7.78. The van der Waals surface area contributed by atoms with Gasteiger partial charge in [0.25, 0.3) is 0 Å². The Hall–Kier alpha value is -9.35. The zero-order valence-electron chi connectivity index (χ0n) is 41.3. The molecule has 0 unspecified atom stereocenters. The molecule has 2 aromatic heterocycles. The molecule has 354 valence electrons. The second-order valence-corrected chi connectivity index (χ2v) is 20.4. The van der Waals surface area contributed by atoms with E-state index in [9.17, 15) is 0 Å². The molecule has 0 fully saturated rings. The first-order chi connectivity index (χ1) is 37.1. The smallest absolute Gasteiger partial charge is 0.0743 e. The Bertz CT molecular complexity index is 4450. The largest absolute Gasteiger partial charge is 0.388 e. The van der Waals surface area contributed by atoms with Gasteiger partial charge in [-0.1, -0.05) is 206 Å². The van der Waals surface area contributed by atoms with Gasteiger partial charge in [0.15, 0.2) is 0 Å². The Balaban J connectivity index is 0.874. The van der Waals surface area contributed by atoms with Crippen LogP contribution >= 0.6 is 11.3 Å². The van der Waals surface area contributed by atoms with Crippen molar-refractivity contribution < 1.29 is 0 Å². The quantitative estimate of drug-likeness (QED) is 0.136. The minimum Gasteiger partial charge on any atom is -0.388 e. The SMILES string of the molecule is CNc1ccccc1C(=NCc1ccc(-n2c3ccc4ccccc4c3c3c4ccccc4c(-c4cccc5c4sc4ccccc45)cc32)cc1)c1ccc(-c2cc(-c3ccccc3)cc(-c3ccccc3)c2)cc1. The molecule has 0 aliphatic carbocycles. The number of anilines is 1. The summed E-state index contributed by atoms with van der Waals surface area (Å²) < 4.78 is 5.12. The van der Waals surface area contributed by atoms with E-state index in [4.69, 9.17) is 4.99 Å². The Labute approximate surface area is 440 Å². The van der Waals surface area contributed by atoms with Gasteiger partial charge in [0.1, 0.15) is 0 Å². The molecular formula is C71H49N3S. The average molecular weight is 976 g/mol. The van der Waals surface area contributed by atoms with Crippen LogP contribution < -0.4 is 5.32 Å². The van der Waals surface area contributed by atoms with Crippen LogP contribution in [-0.2, 0) is 6.54 Å². The van der Waals surface area contributed by atoms with Gasteiger partial charge in [-0.25, -0.2) is 0 Å². The number of nitrogens with zero attached hydrogens (tertiary/aromatic N) is 2. The van der Waals surface area contributed by atoms with Gasteiger partial charge in [-0.15, -0.1) is 11.3 Å². The van der Waals surface area contributed by atoms with E-state index in [1.807, 2.05) is 18.4 Å². The maximum atomic E-state index is 5.47. The fourth-order valence-corrected chi connectivity index (χ4v) is 12.7. The van der Waals surface area contributed by atoms with Gasteiger partial charge < -0.3 is 9.88 Å². The molecule has 0 radical (unpaired) electrons. The average Bonchev–Trinajstić information content (AvgIpc) is 4.06. The van der Waals surface area contributed by atoms with Gasteiger partial charge in [0, 0.05) is 66.1 Å². The zero-order valence-corrected chi connectivity index (χ0v) is 42.2. The molecule has 0 spiro atoms. The first-order valence-corrected chi connectivity index (χ1v) is 26.5. The van der Waals surface area contributed by atoms with E-state index in [0.29, 0.717) is 6.54 Å². The van der Waals surface area contributed by atoms with Crippen LogP contribution in [0.4, 0.5) is 5.69 Å². The minimum atomic E-state index is 0.515. The van der Waals surface area contributed by atoms with Crippen molar-refractivity contribution in [1.29, 1.82) is 0 Å². The molecule has 1 N–H and O–H groups in total. The number of fused-ring (bicyclic) bond motifs is 10. The van der Waals surface area contributed by atoms with E-state index >= 15 is 0 Å². The van der Waals surface area contributed by atoms with Crippen molar-refractivity contribution in [2.45, 2.75) is 6.54 Å². The van der Waals surface area contributed by atoms with E-state index in [1.165, 1.54) is 102 Å². The van der Waals surface area contributed by atoms with Gasteiger partial charge in [-0.2, -0.15) is 0 Å². The summed E-state index contributed by atoms with van der Waals surface area (Å²) in [6.45, 7) is 0.515. The molecule has 0 aliphatic heterocycles. The lowest BCUT2D eigenvalue weighted by Gasteiger charge is -2.15. The van der Waals surface area contributed by atoms with Crippen LogP contribution in [0.2, 0.25) is 0 Å². The van der Waals surface area contributed by atoms with Crippen molar-refractivity contribution in [2.24, 2.45) is 4.99 Å². The fourth-order valence-electron chi connectivity index (χ4n) is 11.5. The molecule has 75 heavy (non-hydrogen) atoms. The van der Waals surface area contributed by atoms with Crippen molar-refractivity contribution in [3.63, 3.8) is 0 Å². The lowest BCUT2D eigenvalue weighted by Crippen LogP contribution is -2.08. The van der Waals surface area contributed by atoms with Gasteiger partial charge in [-0.3, -0.25) is 4.99 Å². The first-order valence-electron chi connectivity index (χ1n) is 25.7. The van der Waals surface area contributed by atoms with Crippen LogP contribution in [0.25, 0.3) is 114 Å². The van der Waals surface area contributed by atoms with Crippen LogP contribution in [0.15, 0.2) is 266 Å². The summed E-state index contributed by atoms with van der Waals surface area (Å²) >= 11 is 1.89. The number of aromatic nitrogens is 1. The third-order valence-corrected chi connectivity index (χ3v) is 16.3. The first kappa shape index (κ1) is 44.4. The number of hydrogen-bond acceptors (Lipinski definition) is 3. The number of hydrogen-bond donors (Lipinski definition) is 1. The van der Waals surface area contributed by atoms with Crippen LogP contribution in [0.5, 0.6) is 0 Å². The normalized spacial score (nSPS) is 11.9. The van der Waals surface area contributed by atoms with Gasteiger partial charge in [0.2, 0.25) is 0 Å². The summed E-state index contributed by atoms with van der Waals surface area (Å²) in [5.41, 5.74) is 18.3. The molecule has 0 atom stereocenters. The van der Waals surface area contributed by atoms with Crippen LogP contribution in [-0.4, -0.2) is 17.3 Å². The predicted octanol–water partition coefficient (Wildman–Crippen LogP) is 19.2. The number of thiophene rings is 1. The van der Waals surface area contributed by atoms with E-state index in [-0.39, 0.29) is 0 Å². The van der Waals surface area contributed by atoms with Gasteiger partial charge in [-0.05, 0) is 121 Å². The predicted molar refractivity (Wildman–Crippen MR) is 322 cm³/mol. The highest BCUT2D eigenvalue weighted by molar-refractivity contribution is 7.26. The van der Waals surface area contributed by atoms with E-state index in [2.05, 4.69) is 271 Å². The molecule has 0 saturated carbocycles. The lowest BCUT2D eigenvalue weighted by molar-refractivity contribution is 1.06. The van der Waals surface area contributed by atoms with Gasteiger partial charge >= 0.3 is 0 Å². The molecular weight excluding hydrogens is 927 g/mol. The molecule has 14 rings (SSSR count). The van der Waals surface area contributed by atoms with Crippen molar-refractivity contribution in [1.82, 2.24) is 4.57 Å². The van der Waals surface area contributed by atoms with E-state index in [1.54, 1.807) is 0 Å². The topological polar surface area (TPSA) is 29.3 Å². The lowest BCUT2D eigenvalue weighted by atomic mass is 9.92. The number of benzene rings is 12. The van der Waals surface area contributed by atoms with Crippen LogP contribution in [0.3, 0.4) is 0 Å². The van der Waals surface area contributed by atoms with Crippen LogP contribution in [0.1, 0.15) is 16.7 Å².